The van der Waals surface area contributed by atoms with Crippen molar-refractivity contribution in [2.75, 3.05) is 29.3 Å². The molecule has 3 aromatic heterocycles. The highest BCUT2D eigenvalue weighted by Crippen LogP contribution is 2.39. The smallest absolute Gasteiger partial charge is 0.475 e. The minimum absolute atomic E-state index is 0.248. The van der Waals surface area contributed by atoms with Crippen molar-refractivity contribution in [3.8, 4) is 11.4 Å². The van der Waals surface area contributed by atoms with Crippen LogP contribution < -0.4 is 21.3 Å². The number of aromatic nitrogens is 5. The molecule has 5 N–H and O–H groups in total. The molecule has 3 heterocycles. The van der Waals surface area contributed by atoms with E-state index in [2.05, 4.69) is 25.9 Å². The van der Waals surface area contributed by atoms with Crippen LogP contribution in [-0.4, -0.2) is 72.2 Å². The number of hydrogen-bond donors (Lipinski definition) is 5. The molecule has 0 aliphatic rings. The summed E-state index contributed by atoms with van der Waals surface area (Å²) in [7, 11) is -2.60. The summed E-state index contributed by atoms with van der Waals surface area (Å²) in [5, 5.41) is 30.6. The molecule has 13 nitrogen and oxygen atoms in total. The molecule has 332 valence electrons. The molecule has 0 saturated heterocycles. The largest absolute Gasteiger partial charge is 0.490 e. The molecule has 0 bridgehead atoms. The van der Waals surface area contributed by atoms with Crippen LogP contribution in [0.4, 0.5) is 42.0 Å². The SMILES string of the molecule is Cc1ccc(NC(=O)C(O)C(Cc2ccccc2)n2c(-c3cccc4cccnc34)nc3ccccc32)cc1Nc1ncc(Cl)c(Nc2ccccc2P(C)(C)=O)n1.O=C(O)C(F)(F)F. The topological polar surface area (TPSA) is 184 Å². The van der Waals surface area contributed by atoms with Crippen molar-refractivity contribution in [2.24, 2.45) is 0 Å². The van der Waals surface area contributed by atoms with Gasteiger partial charge in [-0.3, -0.25) is 9.78 Å². The van der Waals surface area contributed by atoms with Crippen molar-refractivity contribution in [2.45, 2.75) is 31.7 Å². The summed E-state index contributed by atoms with van der Waals surface area (Å²) in [6.07, 6.45) is -3.02. The normalized spacial score (nSPS) is 12.5. The number of imidazole rings is 1. The summed E-state index contributed by atoms with van der Waals surface area (Å²) in [6.45, 7) is 5.33. The highest BCUT2D eigenvalue weighted by Gasteiger charge is 2.38. The quantitative estimate of drug-likeness (QED) is 0.0735. The van der Waals surface area contributed by atoms with E-state index in [1.807, 2.05) is 127 Å². The Labute approximate surface area is 375 Å². The summed E-state index contributed by atoms with van der Waals surface area (Å²) in [6, 6.07) is 39.3. The molecule has 8 aromatic rings. The zero-order chi connectivity index (χ0) is 46.5. The third-order valence-electron chi connectivity index (χ3n) is 10.2. The van der Waals surface area contributed by atoms with E-state index in [-0.39, 0.29) is 11.0 Å². The minimum Gasteiger partial charge on any atom is -0.475 e. The molecule has 0 saturated carbocycles. The lowest BCUT2D eigenvalue weighted by molar-refractivity contribution is -0.192. The number of carbonyl (C=O) groups is 2. The molecule has 0 aliphatic carbocycles. The van der Waals surface area contributed by atoms with Crippen molar-refractivity contribution < 1.29 is 37.5 Å². The van der Waals surface area contributed by atoms with Crippen LogP contribution in [-0.2, 0) is 20.6 Å². The van der Waals surface area contributed by atoms with Gasteiger partial charge >= 0.3 is 12.1 Å². The number of amides is 1. The molecule has 8 rings (SSSR count). The van der Waals surface area contributed by atoms with Gasteiger partial charge in [0.1, 0.15) is 18.0 Å². The lowest BCUT2D eigenvalue weighted by atomic mass is 9.99. The Morgan fingerprint density at radius 2 is 1.52 bits per heavy atom. The van der Waals surface area contributed by atoms with E-state index in [0.717, 1.165) is 38.6 Å². The molecule has 65 heavy (non-hydrogen) atoms. The molecule has 0 spiro atoms. The lowest BCUT2D eigenvalue weighted by Gasteiger charge is -2.27. The summed E-state index contributed by atoms with van der Waals surface area (Å²) >= 11 is 6.51. The van der Waals surface area contributed by atoms with Gasteiger partial charge in [-0.05, 0) is 86.3 Å². The number of alkyl halides is 3. The van der Waals surface area contributed by atoms with E-state index < -0.39 is 37.3 Å². The molecule has 2 unspecified atom stereocenters. The van der Waals surface area contributed by atoms with Gasteiger partial charge in [0.2, 0.25) is 5.95 Å². The summed E-state index contributed by atoms with van der Waals surface area (Å²) in [4.78, 5) is 41.9. The van der Waals surface area contributed by atoms with E-state index in [1.54, 1.807) is 31.7 Å². The Morgan fingerprint density at radius 1 is 0.831 bits per heavy atom. The number of aliphatic hydroxyl groups excluding tert-OH is 1. The summed E-state index contributed by atoms with van der Waals surface area (Å²) < 4.78 is 46.7. The van der Waals surface area contributed by atoms with Crippen LogP contribution in [0.15, 0.2) is 140 Å². The number of nitrogens with one attached hydrogen (secondary N) is 3. The van der Waals surface area contributed by atoms with Gasteiger partial charge in [0, 0.05) is 33.8 Å². The zero-order valence-electron chi connectivity index (χ0n) is 35.0. The first-order chi connectivity index (χ1) is 31.0. The maximum absolute atomic E-state index is 14.2. The molecule has 0 radical (unpaired) electrons. The summed E-state index contributed by atoms with van der Waals surface area (Å²) in [5.74, 6) is -2.17. The predicted molar refractivity (Wildman–Crippen MR) is 248 cm³/mol. The number of hydrogen-bond acceptors (Lipinski definition) is 10. The van der Waals surface area contributed by atoms with E-state index in [0.29, 0.717) is 40.4 Å². The standard InChI is InChI=1S/C45H40ClN8O3P.C2HF3O2/c1-28-22-23-31(26-36(28)52-45-48-27-33(46)42(53-45)50-35-19-8-10-21-39(35)58(2,3)57)49-44(56)41(55)38(25-29-13-5-4-6-14-29)54-37-20-9-7-18-34(37)51-43(54)32-17-11-15-30-16-12-24-47-40(30)32;3-2(4,5)1(6)7/h4-24,26-27,38,41,55H,25H2,1-3H3,(H,49,56)(H2,48,50,52,53);(H,6,7). The number of benzene rings is 5. The van der Waals surface area contributed by atoms with Gasteiger partial charge in [0.05, 0.1) is 34.5 Å². The number of aliphatic hydroxyl groups is 1. The monoisotopic (exact) mass is 920 g/mol. The van der Waals surface area contributed by atoms with Crippen LogP contribution in [0.25, 0.3) is 33.3 Å². The van der Waals surface area contributed by atoms with Gasteiger partial charge < -0.3 is 35.3 Å². The molecule has 2 atom stereocenters. The number of fused-ring (bicyclic) bond motifs is 2. The highest BCUT2D eigenvalue weighted by atomic mass is 35.5. The van der Waals surface area contributed by atoms with Gasteiger partial charge in [0.25, 0.3) is 5.91 Å². The summed E-state index contributed by atoms with van der Waals surface area (Å²) in [5.41, 5.74) is 6.58. The van der Waals surface area contributed by atoms with Crippen LogP contribution in [0.3, 0.4) is 0 Å². The maximum atomic E-state index is 14.2. The molecule has 0 aliphatic heterocycles. The van der Waals surface area contributed by atoms with Crippen molar-refractivity contribution in [1.82, 2.24) is 24.5 Å². The van der Waals surface area contributed by atoms with Crippen molar-refractivity contribution in [3.63, 3.8) is 0 Å². The Bertz CT molecular complexity index is 3070. The van der Waals surface area contributed by atoms with E-state index in [4.69, 9.17) is 31.5 Å². The van der Waals surface area contributed by atoms with Crippen molar-refractivity contribution >= 4 is 86.7 Å². The maximum Gasteiger partial charge on any atom is 0.490 e. The Balaban J connectivity index is 0.000000833. The Hall–Kier alpha value is -7.13. The number of carbonyl (C=O) groups excluding carboxylic acids is 1. The minimum atomic E-state index is -5.08. The van der Waals surface area contributed by atoms with Crippen LogP contribution in [0.5, 0.6) is 0 Å². The number of pyridine rings is 1. The number of carboxylic acids is 1. The first-order valence-corrected chi connectivity index (χ1v) is 22.9. The van der Waals surface area contributed by atoms with Crippen LogP contribution >= 0.6 is 18.7 Å². The number of halogens is 4. The molecular weight excluding hydrogens is 880 g/mol. The first-order valence-electron chi connectivity index (χ1n) is 19.9. The number of rotatable bonds is 12. The number of aryl methyl sites for hydroxylation is 1. The number of nitrogens with zero attached hydrogens (tertiary/aromatic N) is 5. The van der Waals surface area contributed by atoms with Crippen molar-refractivity contribution in [1.29, 1.82) is 0 Å². The number of para-hydroxylation sites is 4. The molecule has 18 heteroatoms. The molecule has 5 aromatic carbocycles. The average Bonchev–Trinajstić information content (AvgIpc) is 3.66. The highest BCUT2D eigenvalue weighted by molar-refractivity contribution is 7.70. The van der Waals surface area contributed by atoms with Crippen LogP contribution in [0, 0.1) is 6.92 Å². The van der Waals surface area contributed by atoms with Gasteiger partial charge in [-0.2, -0.15) is 18.2 Å². The lowest BCUT2D eigenvalue weighted by Crippen LogP contribution is -2.37. The fourth-order valence-electron chi connectivity index (χ4n) is 7.09. The van der Waals surface area contributed by atoms with Gasteiger partial charge in [-0.15, -0.1) is 0 Å². The van der Waals surface area contributed by atoms with E-state index >= 15 is 0 Å². The number of anilines is 5. The molecule has 0 fully saturated rings. The third-order valence-corrected chi connectivity index (χ3v) is 12.0. The Kier molecular flexibility index (Phi) is 13.6. The number of carboxylic acid groups (broad SMARTS) is 1. The van der Waals surface area contributed by atoms with Crippen LogP contribution in [0.1, 0.15) is 17.2 Å². The third kappa shape index (κ3) is 10.8. The van der Waals surface area contributed by atoms with Gasteiger partial charge in [0.15, 0.2) is 11.9 Å². The molecular formula is C47H41ClF3N8O5P. The fourth-order valence-corrected chi connectivity index (χ4v) is 8.39. The predicted octanol–water partition coefficient (Wildman–Crippen LogP) is 10.2. The zero-order valence-corrected chi connectivity index (χ0v) is 36.6. The molecule has 1 amide bonds. The average molecular weight is 921 g/mol. The second-order valence-electron chi connectivity index (χ2n) is 15.2. The fraction of sp³-hybridized carbons (Fsp3) is 0.149. The van der Waals surface area contributed by atoms with Crippen molar-refractivity contribution in [3.05, 3.63) is 156 Å². The van der Waals surface area contributed by atoms with E-state index in [1.165, 1.54) is 6.20 Å². The van der Waals surface area contributed by atoms with Gasteiger partial charge in [-0.25, -0.2) is 14.8 Å². The van der Waals surface area contributed by atoms with E-state index in [9.17, 15) is 27.6 Å². The second-order valence-corrected chi connectivity index (χ2v) is 18.8. The first kappa shape index (κ1) is 45.9. The second kappa shape index (κ2) is 19.3. The number of aliphatic carboxylic acids is 1. The Morgan fingerprint density at radius 3 is 2.26 bits per heavy atom. The van der Waals surface area contributed by atoms with Gasteiger partial charge in [-0.1, -0.05) is 90.5 Å². The van der Waals surface area contributed by atoms with Crippen LogP contribution in [0.2, 0.25) is 5.02 Å².